The van der Waals surface area contributed by atoms with Crippen LogP contribution in [0.15, 0.2) is 0 Å². The molecule has 1 amide bonds. The van der Waals surface area contributed by atoms with E-state index in [4.69, 9.17) is 10.5 Å². The molecule has 1 saturated carbocycles. The molecule has 0 aromatic heterocycles. The predicted molar refractivity (Wildman–Crippen MR) is 66.6 cm³/mol. The van der Waals surface area contributed by atoms with Gasteiger partial charge in [-0.25, -0.2) is 4.79 Å². The van der Waals surface area contributed by atoms with Crippen molar-refractivity contribution >= 4 is 6.09 Å². The largest absolute Gasteiger partial charge is 0.444 e. The lowest BCUT2D eigenvalue weighted by Gasteiger charge is -2.34. The van der Waals surface area contributed by atoms with Crippen molar-refractivity contribution in [2.24, 2.45) is 17.6 Å². The van der Waals surface area contributed by atoms with Gasteiger partial charge in [-0.05, 0) is 51.9 Å². The zero-order valence-corrected chi connectivity index (χ0v) is 11.1. The van der Waals surface area contributed by atoms with Gasteiger partial charge >= 0.3 is 6.09 Å². The van der Waals surface area contributed by atoms with Gasteiger partial charge in [0.05, 0.1) is 0 Å². The molecule has 0 aromatic carbocycles. The number of ether oxygens (including phenoxy) is 1. The minimum absolute atomic E-state index is 0.170. The second kappa shape index (κ2) is 4.48. The smallest absolute Gasteiger partial charge is 0.410 e. The van der Waals surface area contributed by atoms with Gasteiger partial charge in [-0.15, -0.1) is 0 Å². The lowest BCUT2D eigenvalue weighted by Crippen LogP contribution is -2.43. The topological polar surface area (TPSA) is 55.6 Å². The molecule has 2 aliphatic rings. The molecular formula is C13H24N2O2. The second-order valence-corrected chi connectivity index (χ2v) is 6.39. The summed E-state index contributed by atoms with van der Waals surface area (Å²) in [4.78, 5) is 13.8. The molecule has 1 aliphatic carbocycles. The van der Waals surface area contributed by atoms with Crippen LogP contribution in [0.4, 0.5) is 4.79 Å². The number of hydrogen-bond acceptors (Lipinski definition) is 3. The summed E-state index contributed by atoms with van der Waals surface area (Å²) >= 11 is 0. The molecule has 98 valence electrons. The van der Waals surface area contributed by atoms with Crippen LogP contribution in [0.25, 0.3) is 0 Å². The molecule has 2 N–H and O–H groups in total. The molecule has 0 radical (unpaired) electrons. The summed E-state index contributed by atoms with van der Waals surface area (Å²) in [7, 11) is 0. The van der Waals surface area contributed by atoms with Crippen LogP contribution >= 0.6 is 0 Å². The molecule has 0 aromatic rings. The number of amides is 1. The molecule has 4 heteroatoms. The Morgan fingerprint density at radius 1 is 1.41 bits per heavy atom. The molecule has 3 unspecified atom stereocenters. The number of carbonyl (C=O) groups is 1. The van der Waals surface area contributed by atoms with Crippen LogP contribution in [0, 0.1) is 11.8 Å². The molecule has 2 rings (SSSR count). The van der Waals surface area contributed by atoms with E-state index in [1.807, 2.05) is 25.7 Å². The number of nitrogens with two attached hydrogens (primary N) is 1. The first-order valence-corrected chi connectivity index (χ1v) is 6.60. The highest BCUT2D eigenvalue weighted by molar-refractivity contribution is 5.68. The lowest BCUT2D eigenvalue weighted by atomic mass is 9.93. The van der Waals surface area contributed by atoms with Crippen molar-refractivity contribution in [1.82, 2.24) is 4.90 Å². The van der Waals surface area contributed by atoms with E-state index in [0.717, 1.165) is 25.9 Å². The van der Waals surface area contributed by atoms with Gasteiger partial charge in [0.15, 0.2) is 0 Å². The Labute approximate surface area is 103 Å². The molecule has 1 aliphatic heterocycles. The Kier molecular flexibility index (Phi) is 3.34. The van der Waals surface area contributed by atoms with Crippen molar-refractivity contribution in [2.75, 3.05) is 13.1 Å². The third-order valence-electron chi connectivity index (χ3n) is 3.61. The number of likely N-dealkylation sites (tertiary alicyclic amines) is 1. The van der Waals surface area contributed by atoms with Crippen LogP contribution < -0.4 is 5.73 Å². The maximum absolute atomic E-state index is 12.0. The predicted octanol–water partition coefficient (Wildman–Crippen LogP) is 1.98. The summed E-state index contributed by atoms with van der Waals surface area (Å²) in [6, 6.07) is 0.374. The van der Waals surface area contributed by atoms with Crippen LogP contribution in [-0.2, 0) is 4.74 Å². The third kappa shape index (κ3) is 3.35. The standard InChI is InChI=1S/C13H24N2O2/c1-13(2,3)17-12(16)15-6-4-5-9(8-15)10-7-11(10)14/h9-11H,4-8,14H2,1-3H3. The Morgan fingerprint density at radius 3 is 2.59 bits per heavy atom. The lowest BCUT2D eigenvalue weighted by molar-refractivity contribution is 0.0153. The maximum atomic E-state index is 12.0. The molecule has 1 heterocycles. The van der Waals surface area contributed by atoms with Crippen molar-refractivity contribution in [3.05, 3.63) is 0 Å². The van der Waals surface area contributed by atoms with Gasteiger partial charge in [0.1, 0.15) is 5.60 Å². The zero-order valence-electron chi connectivity index (χ0n) is 11.1. The summed E-state index contributed by atoms with van der Waals surface area (Å²) < 4.78 is 5.41. The highest BCUT2D eigenvalue weighted by atomic mass is 16.6. The maximum Gasteiger partial charge on any atom is 0.410 e. The molecule has 2 fully saturated rings. The Bertz CT molecular complexity index is 298. The van der Waals surface area contributed by atoms with Crippen LogP contribution in [0.5, 0.6) is 0 Å². The molecular weight excluding hydrogens is 216 g/mol. The Balaban J connectivity index is 1.86. The van der Waals surface area contributed by atoms with Crippen LogP contribution in [0.1, 0.15) is 40.0 Å². The van der Waals surface area contributed by atoms with Gasteiger partial charge in [0.2, 0.25) is 0 Å². The van der Waals surface area contributed by atoms with Crippen LogP contribution in [-0.4, -0.2) is 35.7 Å². The summed E-state index contributed by atoms with van der Waals surface area (Å²) in [5, 5.41) is 0. The minimum atomic E-state index is -0.403. The van der Waals surface area contributed by atoms with Crippen molar-refractivity contribution < 1.29 is 9.53 Å². The average molecular weight is 240 g/mol. The normalized spacial score (nSPS) is 33.4. The fourth-order valence-corrected chi connectivity index (χ4v) is 2.63. The van der Waals surface area contributed by atoms with E-state index in [-0.39, 0.29) is 6.09 Å². The number of nitrogens with zero attached hydrogens (tertiary/aromatic N) is 1. The summed E-state index contributed by atoms with van der Waals surface area (Å²) in [6.45, 7) is 7.37. The number of hydrogen-bond donors (Lipinski definition) is 1. The first kappa shape index (κ1) is 12.7. The van der Waals surface area contributed by atoms with E-state index in [9.17, 15) is 4.79 Å². The number of piperidine rings is 1. The van der Waals surface area contributed by atoms with Crippen molar-refractivity contribution in [2.45, 2.75) is 51.7 Å². The molecule has 0 bridgehead atoms. The second-order valence-electron chi connectivity index (χ2n) is 6.39. The molecule has 3 atom stereocenters. The number of rotatable bonds is 1. The van der Waals surface area contributed by atoms with Gasteiger partial charge in [-0.1, -0.05) is 0 Å². The molecule has 1 saturated heterocycles. The van der Waals surface area contributed by atoms with E-state index in [1.165, 1.54) is 6.42 Å². The van der Waals surface area contributed by atoms with Gasteiger partial charge in [-0.2, -0.15) is 0 Å². The fraction of sp³-hybridized carbons (Fsp3) is 0.923. The van der Waals surface area contributed by atoms with E-state index < -0.39 is 5.60 Å². The van der Waals surface area contributed by atoms with Crippen LogP contribution in [0.3, 0.4) is 0 Å². The van der Waals surface area contributed by atoms with Crippen LogP contribution in [0.2, 0.25) is 0 Å². The van der Waals surface area contributed by atoms with Crippen molar-refractivity contribution in [3.63, 3.8) is 0 Å². The highest BCUT2D eigenvalue weighted by Crippen LogP contribution is 2.40. The summed E-state index contributed by atoms with van der Waals surface area (Å²) in [6.07, 6.45) is 3.24. The monoisotopic (exact) mass is 240 g/mol. The molecule has 17 heavy (non-hydrogen) atoms. The Morgan fingerprint density at radius 2 is 2.06 bits per heavy atom. The number of carbonyl (C=O) groups excluding carboxylic acids is 1. The quantitative estimate of drug-likeness (QED) is 0.762. The van der Waals surface area contributed by atoms with Gasteiger partial charge in [0.25, 0.3) is 0 Å². The first-order chi connectivity index (χ1) is 7.87. The van der Waals surface area contributed by atoms with E-state index >= 15 is 0 Å². The van der Waals surface area contributed by atoms with E-state index in [1.54, 1.807) is 0 Å². The first-order valence-electron chi connectivity index (χ1n) is 6.60. The Hall–Kier alpha value is -0.770. The van der Waals surface area contributed by atoms with Gasteiger partial charge < -0.3 is 15.4 Å². The van der Waals surface area contributed by atoms with Crippen molar-refractivity contribution in [3.8, 4) is 0 Å². The van der Waals surface area contributed by atoms with Crippen molar-refractivity contribution in [1.29, 1.82) is 0 Å². The summed E-state index contributed by atoms with van der Waals surface area (Å²) in [5.41, 5.74) is 5.48. The molecule has 4 nitrogen and oxygen atoms in total. The summed E-state index contributed by atoms with van der Waals surface area (Å²) in [5.74, 6) is 1.23. The van der Waals surface area contributed by atoms with E-state index in [2.05, 4.69) is 0 Å². The minimum Gasteiger partial charge on any atom is -0.444 e. The van der Waals surface area contributed by atoms with E-state index in [0.29, 0.717) is 17.9 Å². The third-order valence-corrected chi connectivity index (χ3v) is 3.61. The SMILES string of the molecule is CC(C)(C)OC(=O)N1CCCC(C2CC2N)C1. The van der Waals surface area contributed by atoms with Gasteiger partial charge in [-0.3, -0.25) is 0 Å². The molecule has 0 spiro atoms. The van der Waals surface area contributed by atoms with Gasteiger partial charge in [0, 0.05) is 19.1 Å². The fourth-order valence-electron chi connectivity index (χ4n) is 2.63. The highest BCUT2D eigenvalue weighted by Gasteiger charge is 2.42. The average Bonchev–Trinajstić information content (AvgIpc) is 2.93. The zero-order chi connectivity index (χ0) is 12.6.